The molecule has 1 atom stereocenters. The lowest BCUT2D eigenvalue weighted by atomic mass is 10.0. The van der Waals surface area contributed by atoms with Crippen molar-refractivity contribution >= 4 is 35.0 Å². The highest BCUT2D eigenvalue weighted by Gasteiger charge is 2.21. The normalized spacial score (nSPS) is 12.3. The van der Waals surface area contributed by atoms with Crippen LogP contribution in [0.25, 0.3) is 0 Å². The molecule has 0 spiro atoms. The van der Waals surface area contributed by atoms with Gasteiger partial charge in [-0.05, 0) is 19.1 Å². The Kier molecular flexibility index (Phi) is 3.79. The number of nitrogens with zero attached hydrogens (tertiary/aromatic N) is 1. The van der Waals surface area contributed by atoms with Crippen LogP contribution in [0, 0.1) is 0 Å². The molecular formula is C9H10Cl2N2O2. The molecule has 0 unspecified atom stereocenters. The number of aromatic hydroxyl groups is 1. The fourth-order valence-corrected chi connectivity index (χ4v) is 1.43. The molecule has 0 aromatic heterocycles. The van der Waals surface area contributed by atoms with Gasteiger partial charge in [0, 0.05) is 23.6 Å². The van der Waals surface area contributed by atoms with Crippen molar-refractivity contribution in [2.24, 2.45) is 5.73 Å². The summed E-state index contributed by atoms with van der Waals surface area (Å²) in [7, 11) is 0. The third kappa shape index (κ3) is 2.53. The van der Waals surface area contributed by atoms with Crippen LogP contribution in [0.5, 0.6) is 5.75 Å². The van der Waals surface area contributed by atoms with E-state index in [0.717, 1.165) is 3.94 Å². The minimum absolute atomic E-state index is 0.0255. The largest absolute Gasteiger partial charge is 0.507 e. The van der Waals surface area contributed by atoms with E-state index in [-0.39, 0.29) is 17.0 Å². The molecular weight excluding hydrogens is 239 g/mol. The molecule has 0 fully saturated rings. The smallest absolute Gasteiger partial charge is 0.185 e. The lowest BCUT2D eigenvalue weighted by molar-refractivity contribution is 0.0966. The average Bonchev–Trinajstić information content (AvgIpc) is 2.16. The first-order valence-corrected chi connectivity index (χ1v) is 4.86. The Morgan fingerprint density at radius 2 is 2.13 bits per heavy atom. The molecule has 6 heteroatoms. The summed E-state index contributed by atoms with van der Waals surface area (Å²) in [6.45, 7) is 1.52. The summed E-state index contributed by atoms with van der Waals surface area (Å²) in [6.07, 6.45) is 0. The van der Waals surface area contributed by atoms with E-state index in [4.69, 9.17) is 29.3 Å². The highest BCUT2D eigenvalue weighted by molar-refractivity contribution is 6.50. The monoisotopic (exact) mass is 248 g/mol. The first-order chi connectivity index (χ1) is 6.95. The van der Waals surface area contributed by atoms with Crippen LogP contribution in [0.2, 0.25) is 0 Å². The molecule has 0 bridgehead atoms. The summed E-state index contributed by atoms with van der Waals surface area (Å²) in [6, 6.07) is 3.68. The van der Waals surface area contributed by atoms with Crippen molar-refractivity contribution in [1.29, 1.82) is 0 Å². The fourth-order valence-electron chi connectivity index (χ4n) is 1.15. The number of phenols is 1. The van der Waals surface area contributed by atoms with E-state index < -0.39 is 11.8 Å². The number of Topliss-reactive ketones (excluding diaryl/α,β-unsaturated/α-hetero) is 1. The van der Waals surface area contributed by atoms with Crippen molar-refractivity contribution in [1.82, 2.24) is 0 Å². The second-order valence-electron chi connectivity index (χ2n) is 3.06. The number of rotatable bonds is 3. The summed E-state index contributed by atoms with van der Waals surface area (Å²) in [5.74, 6) is -0.615. The highest BCUT2D eigenvalue weighted by Crippen LogP contribution is 2.31. The topological polar surface area (TPSA) is 66.6 Å². The van der Waals surface area contributed by atoms with Gasteiger partial charge >= 0.3 is 0 Å². The number of benzene rings is 1. The van der Waals surface area contributed by atoms with E-state index in [1.54, 1.807) is 0 Å². The first-order valence-electron chi connectivity index (χ1n) is 4.18. The molecule has 15 heavy (non-hydrogen) atoms. The van der Waals surface area contributed by atoms with Gasteiger partial charge in [0.25, 0.3) is 0 Å². The SMILES string of the molecule is C[C@H](N)C(=O)c1c(O)cccc1N(Cl)Cl. The van der Waals surface area contributed by atoms with Gasteiger partial charge in [-0.1, -0.05) is 6.07 Å². The van der Waals surface area contributed by atoms with Crippen molar-refractivity contribution in [2.45, 2.75) is 13.0 Å². The summed E-state index contributed by atoms with van der Waals surface area (Å²) < 4.78 is 0.718. The Morgan fingerprint density at radius 3 is 2.60 bits per heavy atom. The van der Waals surface area contributed by atoms with Crippen LogP contribution in [0.4, 0.5) is 5.69 Å². The number of carbonyl (C=O) groups is 1. The maximum atomic E-state index is 11.7. The van der Waals surface area contributed by atoms with Crippen LogP contribution in [0.15, 0.2) is 18.2 Å². The van der Waals surface area contributed by atoms with Crippen molar-refractivity contribution in [3.63, 3.8) is 0 Å². The van der Waals surface area contributed by atoms with Gasteiger partial charge in [0.15, 0.2) is 5.78 Å². The molecule has 4 nitrogen and oxygen atoms in total. The van der Waals surface area contributed by atoms with Crippen LogP contribution in [-0.4, -0.2) is 16.9 Å². The van der Waals surface area contributed by atoms with Crippen LogP contribution in [-0.2, 0) is 0 Å². The Labute approximate surface area is 97.4 Å². The van der Waals surface area contributed by atoms with E-state index in [1.807, 2.05) is 0 Å². The zero-order valence-electron chi connectivity index (χ0n) is 7.95. The van der Waals surface area contributed by atoms with Crippen molar-refractivity contribution in [3.8, 4) is 5.75 Å². The second-order valence-corrected chi connectivity index (χ2v) is 3.91. The summed E-state index contributed by atoms with van der Waals surface area (Å²) in [5, 5.41) is 9.54. The number of hydrogen-bond acceptors (Lipinski definition) is 4. The molecule has 0 saturated carbocycles. The first kappa shape index (κ1) is 12.1. The Hall–Kier alpha value is -0.970. The zero-order valence-corrected chi connectivity index (χ0v) is 9.46. The third-order valence-corrected chi connectivity index (χ3v) is 2.23. The Morgan fingerprint density at radius 1 is 1.53 bits per heavy atom. The van der Waals surface area contributed by atoms with Gasteiger partial charge in [-0.25, -0.2) is 0 Å². The molecule has 1 aromatic carbocycles. The summed E-state index contributed by atoms with van der Waals surface area (Å²) >= 11 is 11.0. The number of nitrogens with two attached hydrogens (primary N) is 1. The lowest BCUT2D eigenvalue weighted by Gasteiger charge is -2.14. The van der Waals surface area contributed by atoms with Gasteiger partial charge in [-0.15, -0.1) is 0 Å². The number of halogens is 2. The van der Waals surface area contributed by atoms with Gasteiger partial charge in [-0.2, -0.15) is 3.94 Å². The van der Waals surface area contributed by atoms with Crippen LogP contribution in [0.3, 0.4) is 0 Å². The Balaban J connectivity index is 3.31. The zero-order chi connectivity index (χ0) is 11.6. The molecule has 0 saturated heterocycles. The maximum Gasteiger partial charge on any atom is 0.185 e. The molecule has 0 aliphatic heterocycles. The number of anilines is 1. The van der Waals surface area contributed by atoms with E-state index in [0.29, 0.717) is 0 Å². The molecule has 1 aromatic rings. The van der Waals surface area contributed by atoms with Crippen LogP contribution >= 0.6 is 23.6 Å². The minimum Gasteiger partial charge on any atom is -0.507 e. The van der Waals surface area contributed by atoms with Crippen molar-refractivity contribution in [3.05, 3.63) is 23.8 Å². The molecule has 0 amide bonds. The quantitative estimate of drug-likeness (QED) is 0.635. The van der Waals surface area contributed by atoms with Crippen molar-refractivity contribution in [2.75, 3.05) is 3.94 Å². The van der Waals surface area contributed by atoms with Gasteiger partial charge in [0.05, 0.1) is 17.3 Å². The predicted molar refractivity (Wildman–Crippen MR) is 60.3 cm³/mol. The fraction of sp³-hybridized carbons (Fsp3) is 0.222. The summed E-state index contributed by atoms with van der Waals surface area (Å²) in [5.41, 5.74) is 5.67. The molecule has 0 heterocycles. The number of ketones is 1. The van der Waals surface area contributed by atoms with Gasteiger partial charge in [0.1, 0.15) is 5.75 Å². The highest BCUT2D eigenvalue weighted by atomic mass is 35.5. The Bertz CT molecular complexity index is 380. The second kappa shape index (κ2) is 4.70. The van der Waals surface area contributed by atoms with E-state index in [1.165, 1.54) is 25.1 Å². The predicted octanol–water partition coefficient (Wildman–Crippen LogP) is 2.04. The number of hydrogen-bond donors (Lipinski definition) is 2. The van der Waals surface area contributed by atoms with E-state index in [2.05, 4.69) is 0 Å². The van der Waals surface area contributed by atoms with Crippen molar-refractivity contribution < 1.29 is 9.90 Å². The molecule has 0 aliphatic rings. The maximum absolute atomic E-state index is 11.7. The van der Waals surface area contributed by atoms with Gasteiger partial charge < -0.3 is 10.8 Å². The number of phenolic OH excluding ortho intramolecular Hbond substituents is 1. The summed E-state index contributed by atoms with van der Waals surface area (Å²) in [4.78, 5) is 11.7. The van der Waals surface area contributed by atoms with E-state index >= 15 is 0 Å². The third-order valence-electron chi connectivity index (χ3n) is 1.86. The molecule has 1 rings (SSSR count). The standard InChI is InChI=1S/C9H10Cl2N2O2/c1-5(12)9(15)8-6(13(10)11)3-2-4-7(8)14/h2-5,14H,12H2,1H3/t5-/m0/s1. The average molecular weight is 249 g/mol. The molecule has 3 N–H and O–H groups in total. The minimum atomic E-state index is -0.731. The number of carbonyl (C=O) groups excluding carboxylic acids is 1. The van der Waals surface area contributed by atoms with Crippen LogP contribution < -0.4 is 9.67 Å². The van der Waals surface area contributed by atoms with Crippen LogP contribution in [0.1, 0.15) is 17.3 Å². The molecule has 0 aliphatic carbocycles. The van der Waals surface area contributed by atoms with Gasteiger partial charge in [0.2, 0.25) is 0 Å². The lowest BCUT2D eigenvalue weighted by Crippen LogP contribution is -2.27. The molecule has 0 radical (unpaired) electrons. The van der Waals surface area contributed by atoms with Gasteiger partial charge in [-0.3, -0.25) is 4.79 Å². The van der Waals surface area contributed by atoms with E-state index in [9.17, 15) is 9.90 Å². The molecule has 82 valence electrons.